The zero-order valence-corrected chi connectivity index (χ0v) is 20.8. The average molecular weight is 467 g/mol. The van der Waals surface area contributed by atoms with E-state index in [2.05, 4.69) is 0 Å². The summed E-state index contributed by atoms with van der Waals surface area (Å²) in [4.78, 5) is 29.8. The Morgan fingerprint density at radius 3 is 2.50 bits per heavy atom. The molecule has 0 aliphatic carbocycles. The van der Waals surface area contributed by atoms with Crippen molar-refractivity contribution in [2.75, 3.05) is 40.9 Å². The van der Waals surface area contributed by atoms with Gasteiger partial charge in [-0.2, -0.15) is 0 Å². The van der Waals surface area contributed by atoms with Crippen LogP contribution in [0.4, 0.5) is 0 Å². The number of ketones is 1. The molecule has 1 N–H and O–H groups in total. The normalized spacial score (nSPS) is 17.6. The molecule has 1 fully saturated rings. The van der Waals surface area contributed by atoms with E-state index in [1.807, 2.05) is 58.0 Å². The highest BCUT2D eigenvalue weighted by atomic mass is 16.5. The molecule has 2 aromatic rings. The van der Waals surface area contributed by atoms with Crippen molar-refractivity contribution in [1.82, 2.24) is 9.80 Å². The minimum Gasteiger partial charge on any atom is -0.507 e. The van der Waals surface area contributed by atoms with Crippen molar-refractivity contribution in [3.63, 3.8) is 0 Å². The van der Waals surface area contributed by atoms with Gasteiger partial charge in [0.2, 0.25) is 0 Å². The maximum atomic E-state index is 13.2. The van der Waals surface area contributed by atoms with Gasteiger partial charge in [0.1, 0.15) is 17.3 Å². The van der Waals surface area contributed by atoms with Crippen LogP contribution in [0.15, 0.2) is 48.0 Å². The lowest BCUT2D eigenvalue weighted by Crippen LogP contribution is -2.35. The van der Waals surface area contributed by atoms with Crippen molar-refractivity contribution in [2.45, 2.75) is 32.7 Å². The molecule has 0 aromatic heterocycles. The van der Waals surface area contributed by atoms with Gasteiger partial charge in [-0.1, -0.05) is 26.0 Å². The van der Waals surface area contributed by atoms with Gasteiger partial charge in [0.15, 0.2) is 0 Å². The van der Waals surface area contributed by atoms with Crippen molar-refractivity contribution in [3.05, 3.63) is 64.7 Å². The number of nitrogens with zero attached hydrogens (tertiary/aromatic N) is 2. The number of carbonyl (C=O) groups excluding carboxylic acids is 2. The third-order valence-corrected chi connectivity index (χ3v) is 5.94. The Bertz CT molecular complexity index is 1090. The van der Waals surface area contributed by atoms with Crippen LogP contribution in [0.5, 0.6) is 11.5 Å². The highest BCUT2D eigenvalue weighted by Gasteiger charge is 2.46. The van der Waals surface area contributed by atoms with Crippen LogP contribution in [0.2, 0.25) is 0 Å². The summed E-state index contributed by atoms with van der Waals surface area (Å²) in [6.45, 7) is 7.44. The number of hydrogen-bond donors (Lipinski definition) is 1. The Morgan fingerprint density at radius 2 is 1.88 bits per heavy atom. The zero-order valence-electron chi connectivity index (χ0n) is 20.8. The van der Waals surface area contributed by atoms with Crippen molar-refractivity contribution in [2.24, 2.45) is 0 Å². The third-order valence-electron chi connectivity index (χ3n) is 5.94. The fourth-order valence-corrected chi connectivity index (χ4v) is 4.17. The average Bonchev–Trinajstić information content (AvgIpc) is 3.07. The second-order valence-electron chi connectivity index (χ2n) is 8.91. The lowest BCUT2D eigenvalue weighted by molar-refractivity contribution is -0.140. The molecular weight excluding hydrogens is 432 g/mol. The lowest BCUT2D eigenvalue weighted by atomic mass is 9.93. The van der Waals surface area contributed by atoms with Gasteiger partial charge in [0.05, 0.1) is 25.3 Å². The standard InChI is InChI=1S/C27H34N2O5/c1-7-34-22-12-11-19(16-21(22)17(2)3)25(30)23-24(18-9-8-10-20(15-18)33-6)29(14-13-28(4)5)27(32)26(23)31/h8-12,15-17,24,30H,7,13-14H2,1-6H3/b25-23-. The first-order valence-corrected chi connectivity index (χ1v) is 11.5. The molecule has 0 bridgehead atoms. The molecule has 3 rings (SSSR count). The molecule has 1 amide bonds. The largest absolute Gasteiger partial charge is 0.507 e. The molecule has 0 saturated carbocycles. The number of methoxy groups -OCH3 is 1. The fourth-order valence-electron chi connectivity index (χ4n) is 4.17. The van der Waals surface area contributed by atoms with Crippen molar-refractivity contribution in [1.29, 1.82) is 0 Å². The van der Waals surface area contributed by atoms with Gasteiger partial charge in [-0.05, 0) is 68.4 Å². The minimum atomic E-state index is -0.718. The van der Waals surface area contributed by atoms with Gasteiger partial charge in [-0.3, -0.25) is 9.59 Å². The Labute approximate surface area is 201 Å². The molecule has 1 unspecified atom stereocenters. The van der Waals surface area contributed by atoms with Crippen molar-refractivity contribution < 1.29 is 24.2 Å². The Hall–Kier alpha value is -3.32. The summed E-state index contributed by atoms with van der Waals surface area (Å²) in [6, 6.07) is 11.9. The van der Waals surface area contributed by atoms with Crippen LogP contribution in [0.25, 0.3) is 5.76 Å². The minimum absolute atomic E-state index is 0.0795. The number of carbonyl (C=O) groups is 2. The SMILES string of the molecule is CCOc1ccc(/C(O)=C2/C(=O)C(=O)N(CCN(C)C)C2c2cccc(OC)c2)cc1C(C)C. The van der Waals surface area contributed by atoms with Crippen LogP contribution in [0.1, 0.15) is 49.4 Å². The van der Waals surface area contributed by atoms with Crippen LogP contribution in [-0.4, -0.2) is 67.5 Å². The Kier molecular flexibility index (Phi) is 7.99. The van der Waals surface area contributed by atoms with Crippen molar-refractivity contribution >= 4 is 17.4 Å². The summed E-state index contributed by atoms with van der Waals surface area (Å²) in [7, 11) is 5.38. The molecule has 1 saturated heterocycles. The smallest absolute Gasteiger partial charge is 0.295 e. The first-order chi connectivity index (χ1) is 16.2. The molecular formula is C27H34N2O5. The maximum absolute atomic E-state index is 13.2. The summed E-state index contributed by atoms with van der Waals surface area (Å²) in [5.74, 6) is -0.00607. The number of Topliss-reactive ketones (excluding diaryl/α,β-unsaturated/α-hetero) is 1. The van der Waals surface area contributed by atoms with Gasteiger partial charge in [-0.25, -0.2) is 0 Å². The highest BCUT2D eigenvalue weighted by molar-refractivity contribution is 6.46. The number of likely N-dealkylation sites (N-methyl/N-ethyl adjacent to an activating group) is 1. The number of amides is 1. The Morgan fingerprint density at radius 1 is 1.15 bits per heavy atom. The number of rotatable bonds is 9. The number of likely N-dealkylation sites (tertiary alicyclic amines) is 1. The van der Waals surface area contributed by atoms with Crippen molar-refractivity contribution in [3.8, 4) is 11.5 Å². The maximum Gasteiger partial charge on any atom is 0.295 e. The topological polar surface area (TPSA) is 79.3 Å². The highest BCUT2D eigenvalue weighted by Crippen LogP contribution is 2.41. The van der Waals surface area contributed by atoms with E-state index in [1.54, 1.807) is 31.4 Å². The van der Waals surface area contributed by atoms with E-state index >= 15 is 0 Å². The van der Waals surface area contributed by atoms with Gasteiger partial charge in [-0.15, -0.1) is 0 Å². The molecule has 1 aliphatic rings. The summed E-state index contributed by atoms with van der Waals surface area (Å²) < 4.78 is 11.1. The molecule has 1 heterocycles. The summed E-state index contributed by atoms with van der Waals surface area (Å²) in [5, 5.41) is 11.4. The van der Waals surface area contributed by atoms with E-state index in [0.29, 0.717) is 36.6 Å². The number of aliphatic hydroxyl groups excluding tert-OH is 1. The summed E-state index contributed by atoms with van der Waals surface area (Å²) >= 11 is 0. The van der Waals surface area contributed by atoms with Gasteiger partial charge < -0.3 is 24.4 Å². The van der Waals surface area contributed by atoms with Gasteiger partial charge in [0.25, 0.3) is 11.7 Å². The molecule has 1 atom stereocenters. The molecule has 7 nitrogen and oxygen atoms in total. The summed E-state index contributed by atoms with van der Waals surface area (Å²) in [6.07, 6.45) is 0. The van der Waals surface area contributed by atoms with Crippen LogP contribution < -0.4 is 9.47 Å². The molecule has 34 heavy (non-hydrogen) atoms. The fraction of sp³-hybridized carbons (Fsp3) is 0.407. The van der Waals surface area contributed by atoms with Crippen LogP contribution in [-0.2, 0) is 9.59 Å². The number of benzene rings is 2. The van der Waals surface area contributed by atoms with Gasteiger partial charge >= 0.3 is 0 Å². The lowest BCUT2D eigenvalue weighted by Gasteiger charge is -2.27. The first-order valence-electron chi connectivity index (χ1n) is 11.5. The molecule has 7 heteroatoms. The molecule has 0 radical (unpaired) electrons. The number of hydrogen-bond acceptors (Lipinski definition) is 6. The molecule has 2 aromatic carbocycles. The molecule has 182 valence electrons. The third kappa shape index (κ3) is 5.09. The number of aliphatic hydroxyl groups is 1. The van der Waals surface area contributed by atoms with Crippen LogP contribution in [0.3, 0.4) is 0 Å². The Balaban J connectivity index is 2.18. The van der Waals surface area contributed by atoms with Crippen LogP contribution >= 0.6 is 0 Å². The first kappa shape index (κ1) is 25.3. The monoisotopic (exact) mass is 466 g/mol. The summed E-state index contributed by atoms with van der Waals surface area (Å²) in [5.41, 5.74) is 2.18. The van der Waals surface area contributed by atoms with E-state index in [1.165, 1.54) is 4.90 Å². The molecule has 1 aliphatic heterocycles. The van der Waals surface area contributed by atoms with E-state index < -0.39 is 17.7 Å². The quantitative estimate of drug-likeness (QED) is 0.339. The molecule has 0 spiro atoms. The van der Waals surface area contributed by atoms with Crippen LogP contribution in [0, 0.1) is 0 Å². The number of ether oxygens (including phenoxy) is 2. The predicted octanol–water partition coefficient (Wildman–Crippen LogP) is 4.20. The van der Waals surface area contributed by atoms with E-state index in [4.69, 9.17) is 9.47 Å². The second kappa shape index (κ2) is 10.7. The predicted molar refractivity (Wildman–Crippen MR) is 132 cm³/mol. The van der Waals surface area contributed by atoms with E-state index in [0.717, 1.165) is 11.3 Å². The van der Waals surface area contributed by atoms with E-state index in [9.17, 15) is 14.7 Å². The van der Waals surface area contributed by atoms with Gasteiger partial charge in [0, 0.05) is 18.7 Å². The van der Waals surface area contributed by atoms with E-state index in [-0.39, 0.29) is 17.3 Å². The zero-order chi connectivity index (χ0) is 25.0. The second-order valence-corrected chi connectivity index (χ2v) is 8.91.